The molecule has 102 valence electrons. The summed E-state index contributed by atoms with van der Waals surface area (Å²) in [5, 5.41) is 0. The molecule has 0 unspecified atom stereocenters. The van der Waals surface area contributed by atoms with Crippen LogP contribution in [0.4, 0.5) is 4.39 Å². The lowest BCUT2D eigenvalue weighted by Gasteiger charge is -2.11. The van der Waals surface area contributed by atoms with Crippen molar-refractivity contribution in [1.82, 2.24) is 9.55 Å². The zero-order valence-corrected chi connectivity index (χ0v) is 13.0. The van der Waals surface area contributed by atoms with E-state index < -0.39 is 0 Å². The molecular formula is C15H11BrClFN2. The van der Waals surface area contributed by atoms with Crippen molar-refractivity contribution in [2.75, 3.05) is 0 Å². The number of imidazole rings is 1. The van der Waals surface area contributed by atoms with Gasteiger partial charge in [-0.15, -0.1) is 11.6 Å². The molecule has 3 aromatic rings. The third-order valence-electron chi connectivity index (χ3n) is 3.22. The summed E-state index contributed by atoms with van der Waals surface area (Å²) in [6.45, 7) is 2.02. The first kappa shape index (κ1) is 13.6. The van der Waals surface area contributed by atoms with Gasteiger partial charge in [-0.2, -0.15) is 0 Å². The highest BCUT2D eigenvalue weighted by Gasteiger charge is 2.15. The third kappa shape index (κ3) is 2.13. The van der Waals surface area contributed by atoms with Crippen molar-refractivity contribution in [3.63, 3.8) is 0 Å². The van der Waals surface area contributed by atoms with Crippen LogP contribution in [0.1, 0.15) is 11.4 Å². The molecule has 0 aliphatic heterocycles. The van der Waals surface area contributed by atoms with E-state index in [1.165, 1.54) is 12.1 Å². The van der Waals surface area contributed by atoms with Crippen molar-refractivity contribution >= 4 is 38.6 Å². The Morgan fingerprint density at radius 2 is 2.10 bits per heavy atom. The van der Waals surface area contributed by atoms with Crippen LogP contribution >= 0.6 is 27.5 Å². The number of aryl methyl sites for hydroxylation is 1. The fourth-order valence-electron chi connectivity index (χ4n) is 2.27. The van der Waals surface area contributed by atoms with Gasteiger partial charge in [0.05, 0.1) is 22.6 Å². The lowest BCUT2D eigenvalue weighted by Crippen LogP contribution is -2.01. The van der Waals surface area contributed by atoms with E-state index in [0.29, 0.717) is 11.3 Å². The van der Waals surface area contributed by atoms with Crippen LogP contribution in [-0.4, -0.2) is 9.55 Å². The number of alkyl halides is 1. The summed E-state index contributed by atoms with van der Waals surface area (Å²) in [4.78, 5) is 4.41. The lowest BCUT2D eigenvalue weighted by atomic mass is 10.2. The molecule has 0 fully saturated rings. The minimum absolute atomic E-state index is 0.261. The van der Waals surface area contributed by atoms with Gasteiger partial charge in [0, 0.05) is 10.5 Å². The Bertz CT molecular complexity index is 798. The summed E-state index contributed by atoms with van der Waals surface area (Å²) in [6.07, 6.45) is 0. The average Bonchev–Trinajstić information content (AvgIpc) is 2.79. The fraction of sp³-hybridized carbons (Fsp3) is 0.133. The summed E-state index contributed by atoms with van der Waals surface area (Å²) in [5.74, 6) is 0.654. The zero-order valence-electron chi connectivity index (χ0n) is 10.7. The van der Waals surface area contributed by atoms with Crippen LogP contribution in [0.15, 0.2) is 40.9 Å². The van der Waals surface area contributed by atoms with Crippen molar-refractivity contribution in [2.45, 2.75) is 12.8 Å². The van der Waals surface area contributed by atoms with Crippen molar-refractivity contribution in [3.8, 4) is 5.69 Å². The number of halogens is 3. The lowest BCUT2D eigenvalue weighted by molar-refractivity contribution is 0.629. The van der Waals surface area contributed by atoms with Crippen LogP contribution in [0.5, 0.6) is 0 Å². The normalized spacial score (nSPS) is 11.2. The van der Waals surface area contributed by atoms with E-state index in [1.807, 2.05) is 29.7 Å². The molecule has 0 atom stereocenters. The van der Waals surface area contributed by atoms with Crippen LogP contribution < -0.4 is 0 Å². The minimum Gasteiger partial charge on any atom is -0.294 e. The average molecular weight is 354 g/mol. The zero-order chi connectivity index (χ0) is 14.3. The highest BCUT2D eigenvalue weighted by molar-refractivity contribution is 9.10. The summed E-state index contributed by atoms with van der Waals surface area (Å²) in [6, 6.07) is 10.6. The Morgan fingerprint density at radius 3 is 2.85 bits per heavy atom. The molecule has 5 heteroatoms. The van der Waals surface area contributed by atoms with Gasteiger partial charge in [-0.25, -0.2) is 9.37 Å². The largest absolute Gasteiger partial charge is 0.294 e. The van der Waals surface area contributed by atoms with Gasteiger partial charge in [0.2, 0.25) is 0 Å². The Balaban J connectivity index is 2.37. The van der Waals surface area contributed by atoms with E-state index >= 15 is 0 Å². The van der Waals surface area contributed by atoms with Crippen molar-refractivity contribution in [2.24, 2.45) is 0 Å². The molecule has 1 aromatic heterocycles. The molecule has 0 amide bonds. The second-order valence-corrected chi connectivity index (χ2v) is 5.60. The molecule has 3 rings (SSSR count). The molecule has 1 heterocycles. The SMILES string of the molecule is Cc1cccc(-n2c(CCl)nc3cc(F)ccc32)c1Br. The molecule has 2 nitrogen and oxygen atoms in total. The molecule has 0 bridgehead atoms. The Kier molecular flexibility index (Phi) is 3.52. The highest BCUT2D eigenvalue weighted by atomic mass is 79.9. The number of hydrogen-bond acceptors (Lipinski definition) is 1. The van der Waals surface area contributed by atoms with Crippen LogP contribution in [0.25, 0.3) is 16.7 Å². The van der Waals surface area contributed by atoms with Crippen molar-refractivity contribution < 1.29 is 4.39 Å². The molecule has 0 saturated heterocycles. The number of hydrogen-bond donors (Lipinski definition) is 0. The fourth-order valence-corrected chi connectivity index (χ4v) is 2.89. The summed E-state index contributed by atoms with van der Waals surface area (Å²) in [7, 11) is 0. The first-order valence-electron chi connectivity index (χ1n) is 6.10. The number of aromatic nitrogens is 2. The van der Waals surface area contributed by atoms with Crippen LogP contribution in [-0.2, 0) is 5.88 Å². The summed E-state index contributed by atoms with van der Waals surface area (Å²) >= 11 is 9.59. The quantitative estimate of drug-likeness (QED) is 0.594. The van der Waals surface area contributed by atoms with E-state index in [2.05, 4.69) is 20.9 Å². The Labute approximate surface area is 129 Å². The molecule has 0 aliphatic carbocycles. The van der Waals surface area contributed by atoms with Crippen LogP contribution in [0.2, 0.25) is 0 Å². The Morgan fingerprint density at radius 1 is 1.30 bits per heavy atom. The molecule has 0 saturated carbocycles. The first-order chi connectivity index (χ1) is 9.61. The molecular weight excluding hydrogens is 343 g/mol. The van der Waals surface area contributed by atoms with Gasteiger partial charge in [0.15, 0.2) is 0 Å². The van der Waals surface area contributed by atoms with Gasteiger partial charge in [0.1, 0.15) is 11.6 Å². The van der Waals surface area contributed by atoms with E-state index in [9.17, 15) is 4.39 Å². The number of nitrogens with zero attached hydrogens (tertiary/aromatic N) is 2. The van der Waals surface area contributed by atoms with Gasteiger partial charge in [0.25, 0.3) is 0 Å². The van der Waals surface area contributed by atoms with Crippen molar-refractivity contribution in [1.29, 1.82) is 0 Å². The van der Waals surface area contributed by atoms with E-state index in [1.54, 1.807) is 6.07 Å². The van der Waals surface area contributed by atoms with Crippen LogP contribution in [0.3, 0.4) is 0 Å². The van der Waals surface area contributed by atoms with Crippen molar-refractivity contribution in [3.05, 3.63) is 58.1 Å². The topological polar surface area (TPSA) is 17.8 Å². The predicted molar refractivity (Wildman–Crippen MR) is 83.0 cm³/mol. The Hall–Kier alpha value is -1.39. The maximum Gasteiger partial charge on any atom is 0.129 e. The third-order valence-corrected chi connectivity index (χ3v) is 4.49. The monoisotopic (exact) mass is 352 g/mol. The molecule has 0 aliphatic rings. The van der Waals surface area contributed by atoms with Gasteiger partial charge in [-0.3, -0.25) is 4.57 Å². The molecule has 20 heavy (non-hydrogen) atoms. The van der Waals surface area contributed by atoms with Gasteiger partial charge in [-0.05, 0) is 46.6 Å². The minimum atomic E-state index is -0.299. The van der Waals surface area contributed by atoms with Crippen LogP contribution in [0, 0.1) is 12.7 Å². The second kappa shape index (κ2) is 5.19. The first-order valence-corrected chi connectivity index (χ1v) is 7.43. The number of benzene rings is 2. The summed E-state index contributed by atoms with van der Waals surface area (Å²) < 4.78 is 16.3. The molecule has 0 radical (unpaired) electrons. The van der Waals surface area contributed by atoms with Gasteiger partial charge >= 0.3 is 0 Å². The molecule has 0 N–H and O–H groups in total. The van der Waals surface area contributed by atoms with Gasteiger partial charge < -0.3 is 0 Å². The predicted octanol–water partition coefficient (Wildman–Crippen LogP) is 4.97. The van der Waals surface area contributed by atoms with E-state index in [-0.39, 0.29) is 11.7 Å². The highest BCUT2D eigenvalue weighted by Crippen LogP contribution is 2.30. The maximum absolute atomic E-state index is 13.3. The number of fused-ring (bicyclic) bond motifs is 1. The molecule has 0 spiro atoms. The summed E-state index contributed by atoms with van der Waals surface area (Å²) in [5.41, 5.74) is 3.52. The van der Waals surface area contributed by atoms with E-state index in [4.69, 9.17) is 11.6 Å². The smallest absolute Gasteiger partial charge is 0.129 e. The second-order valence-electron chi connectivity index (χ2n) is 4.54. The number of rotatable bonds is 2. The molecule has 2 aromatic carbocycles. The standard InChI is InChI=1S/C15H11BrClFN2/c1-9-3-2-4-13(15(9)16)20-12-6-5-10(18)7-11(12)19-14(20)8-17/h2-7H,8H2,1H3. The van der Waals surface area contributed by atoms with E-state index in [0.717, 1.165) is 21.2 Å². The van der Waals surface area contributed by atoms with Gasteiger partial charge in [-0.1, -0.05) is 12.1 Å². The maximum atomic E-state index is 13.3.